The molecular weight excluding hydrogens is 268 g/mol. The lowest BCUT2D eigenvalue weighted by Gasteiger charge is -1.94. The summed E-state index contributed by atoms with van der Waals surface area (Å²) in [4.78, 5) is 4.29. The molecule has 0 bridgehead atoms. The fourth-order valence-electron chi connectivity index (χ4n) is 1.38. The van der Waals surface area contributed by atoms with E-state index >= 15 is 0 Å². The summed E-state index contributed by atoms with van der Waals surface area (Å²) in [5, 5.41) is 8.62. The van der Waals surface area contributed by atoms with Gasteiger partial charge in [0, 0.05) is 10.0 Å². The first-order valence-electron chi connectivity index (χ1n) is 4.80. The molecule has 0 aliphatic rings. The Hall–Kier alpha value is -1.60. The fourth-order valence-corrected chi connectivity index (χ4v) is 1.65. The molecule has 2 rings (SSSR count). The van der Waals surface area contributed by atoms with E-state index in [2.05, 4.69) is 27.0 Å². The Morgan fingerprint density at radius 3 is 2.69 bits per heavy atom. The van der Waals surface area contributed by atoms with Crippen molar-refractivity contribution in [1.29, 1.82) is 5.26 Å². The number of oxazole rings is 1. The molecule has 3 nitrogen and oxygen atoms in total. The summed E-state index contributed by atoms with van der Waals surface area (Å²) >= 11 is 3.37. The Kier molecular flexibility index (Phi) is 3.07. The summed E-state index contributed by atoms with van der Waals surface area (Å²) in [6.45, 7) is 1.82. The molecule has 16 heavy (non-hydrogen) atoms. The Bertz CT molecular complexity index is 537. The highest BCUT2D eigenvalue weighted by atomic mass is 79.9. The minimum Gasteiger partial charge on any atom is -0.441 e. The van der Waals surface area contributed by atoms with Gasteiger partial charge in [0.05, 0.1) is 18.2 Å². The van der Waals surface area contributed by atoms with Crippen LogP contribution in [0.3, 0.4) is 0 Å². The van der Waals surface area contributed by atoms with Crippen LogP contribution in [-0.2, 0) is 6.42 Å². The smallest absolute Gasteiger partial charge is 0.226 e. The second-order valence-corrected chi connectivity index (χ2v) is 4.28. The maximum Gasteiger partial charge on any atom is 0.226 e. The second kappa shape index (κ2) is 4.50. The third kappa shape index (κ3) is 2.15. The maximum absolute atomic E-state index is 8.62. The molecule has 2 aromatic rings. The van der Waals surface area contributed by atoms with E-state index in [0.29, 0.717) is 17.3 Å². The van der Waals surface area contributed by atoms with Gasteiger partial charge in [-0.2, -0.15) is 5.26 Å². The predicted octanol–water partition coefficient (Wildman–Crippen LogP) is 3.48. The zero-order valence-electron chi connectivity index (χ0n) is 8.70. The number of hydrogen-bond donors (Lipinski definition) is 0. The van der Waals surface area contributed by atoms with Gasteiger partial charge in [-0.25, -0.2) is 4.98 Å². The van der Waals surface area contributed by atoms with Crippen LogP contribution < -0.4 is 0 Å². The molecule has 0 aliphatic heterocycles. The molecule has 0 aliphatic carbocycles. The van der Waals surface area contributed by atoms with Gasteiger partial charge < -0.3 is 4.42 Å². The zero-order valence-corrected chi connectivity index (χ0v) is 10.3. The van der Waals surface area contributed by atoms with Crippen LogP contribution in [0.4, 0.5) is 0 Å². The summed E-state index contributed by atoms with van der Waals surface area (Å²) in [5.74, 6) is 1.27. The molecule has 0 atom stereocenters. The number of hydrogen-bond acceptors (Lipinski definition) is 3. The highest BCUT2D eigenvalue weighted by molar-refractivity contribution is 9.10. The molecule has 80 valence electrons. The molecule has 0 saturated heterocycles. The Morgan fingerprint density at radius 1 is 1.38 bits per heavy atom. The lowest BCUT2D eigenvalue weighted by Crippen LogP contribution is -1.84. The predicted molar refractivity (Wildman–Crippen MR) is 63.7 cm³/mol. The fraction of sp³-hybridized carbons (Fsp3) is 0.167. The van der Waals surface area contributed by atoms with Gasteiger partial charge in [0.1, 0.15) is 5.76 Å². The molecule has 4 heteroatoms. The van der Waals surface area contributed by atoms with Crippen molar-refractivity contribution in [3.63, 3.8) is 0 Å². The SMILES string of the molecule is Cc1oc(-c2ccc(Br)cc2)nc1CC#N. The number of rotatable bonds is 2. The van der Waals surface area contributed by atoms with E-state index in [4.69, 9.17) is 9.68 Å². The molecule has 1 aromatic carbocycles. The van der Waals surface area contributed by atoms with Gasteiger partial charge in [-0.15, -0.1) is 0 Å². The average Bonchev–Trinajstić information content (AvgIpc) is 2.62. The highest BCUT2D eigenvalue weighted by Crippen LogP contribution is 2.23. The topological polar surface area (TPSA) is 49.8 Å². The van der Waals surface area contributed by atoms with E-state index in [1.54, 1.807) is 0 Å². The number of nitriles is 1. The van der Waals surface area contributed by atoms with Crippen molar-refractivity contribution in [2.24, 2.45) is 0 Å². The third-order valence-electron chi connectivity index (χ3n) is 2.23. The average molecular weight is 277 g/mol. The quantitative estimate of drug-likeness (QED) is 0.844. The normalized spacial score (nSPS) is 10.1. The molecule has 1 heterocycles. The molecule has 0 N–H and O–H groups in total. The number of aromatic nitrogens is 1. The lowest BCUT2D eigenvalue weighted by atomic mass is 10.2. The van der Waals surface area contributed by atoms with E-state index in [1.165, 1.54) is 0 Å². The summed E-state index contributed by atoms with van der Waals surface area (Å²) < 4.78 is 6.53. The van der Waals surface area contributed by atoms with Gasteiger partial charge >= 0.3 is 0 Å². The maximum atomic E-state index is 8.62. The van der Waals surface area contributed by atoms with Crippen LogP contribution in [0.2, 0.25) is 0 Å². The molecule has 1 aromatic heterocycles. The monoisotopic (exact) mass is 276 g/mol. The van der Waals surface area contributed by atoms with Crippen molar-refractivity contribution in [2.75, 3.05) is 0 Å². The van der Waals surface area contributed by atoms with Crippen LogP contribution in [0.15, 0.2) is 33.2 Å². The molecule has 0 radical (unpaired) electrons. The van der Waals surface area contributed by atoms with Crippen molar-refractivity contribution in [1.82, 2.24) is 4.98 Å². The van der Waals surface area contributed by atoms with Gasteiger partial charge in [0.15, 0.2) is 0 Å². The van der Waals surface area contributed by atoms with Crippen LogP contribution in [-0.4, -0.2) is 4.98 Å². The van der Waals surface area contributed by atoms with Gasteiger partial charge in [0.25, 0.3) is 0 Å². The number of nitrogens with zero attached hydrogens (tertiary/aromatic N) is 2. The van der Waals surface area contributed by atoms with Crippen LogP contribution in [0.25, 0.3) is 11.5 Å². The first-order valence-corrected chi connectivity index (χ1v) is 5.59. The Morgan fingerprint density at radius 2 is 2.06 bits per heavy atom. The summed E-state index contributed by atoms with van der Waals surface area (Å²) in [7, 11) is 0. The molecule has 0 amide bonds. The van der Waals surface area contributed by atoms with E-state index in [9.17, 15) is 0 Å². The summed E-state index contributed by atoms with van der Waals surface area (Å²) in [6, 6.07) is 9.77. The van der Waals surface area contributed by atoms with Crippen LogP contribution >= 0.6 is 15.9 Å². The Balaban J connectivity index is 2.38. The van der Waals surface area contributed by atoms with Crippen LogP contribution in [0.1, 0.15) is 11.5 Å². The van der Waals surface area contributed by atoms with Gasteiger partial charge in [-0.05, 0) is 31.2 Å². The van der Waals surface area contributed by atoms with Crippen molar-refractivity contribution in [2.45, 2.75) is 13.3 Å². The summed E-state index contributed by atoms with van der Waals surface area (Å²) in [6.07, 6.45) is 0.284. The van der Waals surface area contributed by atoms with Crippen LogP contribution in [0, 0.1) is 18.3 Å². The molecule has 0 fully saturated rings. The Labute approximate surface area is 102 Å². The zero-order chi connectivity index (χ0) is 11.5. The molecule has 0 spiro atoms. The first kappa shape index (κ1) is 10.9. The van der Waals surface area contributed by atoms with E-state index in [0.717, 1.165) is 10.0 Å². The molecule has 0 saturated carbocycles. The van der Waals surface area contributed by atoms with E-state index in [1.807, 2.05) is 31.2 Å². The second-order valence-electron chi connectivity index (χ2n) is 3.36. The van der Waals surface area contributed by atoms with Crippen LogP contribution in [0.5, 0.6) is 0 Å². The number of benzene rings is 1. The van der Waals surface area contributed by atoms with Crippen molar-refractivity contribution >= 4 is 15.9 Å². The minimum atomic E-state index is 0.284. The van der Waals surface area contributed by atoms with Crippen molar-refractivity contribution in [3.05, 3.63) is 40.2 Å². The summed E-state index contributed by atoms with van der Waals surface area (Å²) in [5.41, 5.74) is 1.62. The van der Waals surface area contributed by atoms with E-state index in [-0.39, 0.29) is 6.42 Å². The number of halogens is 1. The van der Waals surface area contributed by atoms with Crippen molar-refractivity contribution < 1.29 is 4.42 Å². The third-order valence-corrected chi connectivity index (χ3v) is 2.76. The minimum absolute atomic E-state index is 0.284. The van der Waals surface area contributed by atoms with Gasteiger partial charge in [-0.3, -0.25) is 0 Å². The molecule has 0 unspecified atom stereocenters. The van der Waals surface area contributed by atoms with Crippen molar-refractivity contribution in [3.8, 4) is 17.5 Å². The largest absolute Gasteiger partial charge is 0.441 e. The highest BCUT2D eigenvalue weighted by Gasteiger charge is 2.10. The lowest BCUT2D eigenvalue weighted by molar-refractivity contribution is 0.540. The van der Waals surface area contributed by atoms with E-state index < -0.39 is 0 Å². The standard InChI is InChI=1S/C12H9BrN2O/c1-8-11(6-7-14)15-12(16-8)9-2-4-10(13)5-3-9/h2-5H,6H2,1H3. The van der Waals surface area contributed by atoms with Gasteiger partial charge in [-0.1, -0.05) is 15.9 Å². The van der Waals surface area contributed by atoms with Gasteiger partial charge in [0.2, 0.25) is 5.89 Å². The first-order chi connectivity index (χ1) is 7.70. The number of aryl methyl sites for hydroxylation is 1. The molecular formula is C12H9BrN2O.